The molecule has 1 atom stereocenters. The lowest BCUT2D eigenvalue weighted by Crippen LogP contribution is -2.06. The van der Waals surface area contributed by atoms with Crippen LogP contribution in [0.1, 0.15) is 45.2 Å². The van der Waals surface area contributed by atoms with Gasteiger partial charge in [0.05, 0.1) is 0 Å². The Labute approximate surface area is 317 Å². The topological polar surface area (TPSA) is 0 Å². The molecule has 0 aliphatic heterocycles. The summed E-state index contributed by atoms with van der Waals surface area (Å²) in [6.45, 7) is 0. The Morgan fingerprint density at radius 3 is 1.43 bits per heavy atom. The van der Waals surface area contributed by atoms with Crippen molar-refractivity contribution in [3.63, 3.8) is 0 Å². The van der Waals surface area contributed by atoms with Crippen molar-refractivity contribution in [2.24, 2.45) is 0 Å². The molecular formula is C54H38. The zero-order chi connectivity index (χ0) is 35.8. The Morgan fingerprint density at radius 2 is 0.778 bits per heavy atom. The predicted molar refractivity (Wildman–Crippen MR) is 227 cm³/mol. The lowest BCUT2D eigenvalue weighted by atomic mass is 9.81. The van der Waals surface area contributed by atoms with E-state index in [0.717, 1.165) is 0 Å². The van der Waals surface area contributed by atoms with Crippen molar-refractivity contribution in [1.29, 1.82) is 0 Å². The second-order valence-corrected chi connectivity index (χ2v) is 14.4. The number of hydrogen-bond donors (Lipinski definition) is 0. The summed E-state index contributed by atoms with van der Waals surface area (Å²) in [6, 6.07) is 80.5. The highest BCUT2D eigenvalue weighted by Gasteiger charge is 2.30. The van der Waals surface area contributed by atoms with Crippen molar-refractivity contribution in [2.75, 3.05) is 0 Å². The van der Waals surface area contributed by atoms with Gasteiger partial charge in [-0.1, -0.05) is 218 Å². The molecule has 10 rings (SSSR count). The van der Waals surface area contributed by atoms with E-state index < -0.39 is 0 Å². The van der Waals surface area contributed by atoms with Crippen molar-refractivity contribution < 1.29 is 0 Å². The monoisotopic (exact) mass is 686 g/mol. The van der Waals surface area contributed by atoms with Crippen LogP contribution < -0.4 is 0 Å². The lowest BCUT2D eigenvalue weighted by molar-refractivity contribution is 0.953. The molecule has 0 spiro atoms. The zero-order valence-electron chi connectivity index (χ0n) is 29.9. The maximum absolute atomic E-state index is 2.47. The van der Waals surface area contributed by atoms with Crippen LogP contribution in [0.3, 0.4) is 0 Å². The van der Waals surface area contributed by atoms with Gasteiger partial charge in [0.1, 0.15) is 0 Å². The highest BCUT2D eigenvalue weighted by molar-refractivity contribution is 6.06. The third-order valence-electron chi connectivity index (χ3n) is 11.3. The molecular weight excluding hydrogens is 649 g/mol. The minimum atomic E-state index is 0.0435. The van der Waals surface area contributed by atoms with Crippen LogP contribution in [0.2, 0.25) is 0 Å². The SMILES string of the molecule is c1ccc(-c2cccc(C(c3ccc(-c4cccc5cccc(-c6ccccc6)c45)cc3)c3cccc(C4c5ccccc5-c5ccccc54)c3)c2)cc1. The van der Waals surface area contributed by atoms with E-state index in [1.165, 1.54) is 88.7 Å². The molecule has 254 valence electrons. The van der Waals surface area contributed by atoms with Crippen LogP contribution in [0.15, 0.2) is 218 Å². The van der Waals surface area contributed by atoms with Gasteiger partial charge in [-0.3, -0.25) is 0 Å². The van der Waals surface area contributed by atoms with Gasteiger partial charge < -0.3 is 0 Å². The van der Waals surface area contributed by atoms with Crippen molar-refractivity contribution >= 4 is 10.8 Å². The molecule has 0 saturated carbocycles. The van der Waals surface area contributed by atoms with Crippen LogP contribution in [0.25, 0.3) is 55.3 Å². The van der Waals surface area contributed by atoms with Gasteiger partial charge in [0.15, 0.2) is 0 Å². The molecule has 54 heavy (non-hydrogen) atoms. The van der Waals surface area contributed by atoms with Crippen molar-refractivity contribution in [3.8, 4) is 44.5 Å². The molecule has 0 N–H and O–H groups in total. The molecule has 9 aromatic carbocycles. The van der Waals surface area contributed by atoms with Crippen LogP contribution in [0.4, 0.5) is 0 Å². The molecule has 1 aliphatic carbocycles. The van der Waals surface area contributed by atoms with E-state index in [2.05, 4.69) is 218 Å². The van der Waals surface area contributed by atoms with Gasteiger partial charge in [-0.15, -0.1) is 0 Å². The van der Waals surface area contributed by atoms with Crippen LogP contribution >= 0.6 is 0 Å². The molecule has 0 nitrogen and oxygen atoms in total. The van der Waals surface area contributed by atoms with Gasteiger partial charge in [0.25, 0.3) is 0 Å². The van der Waals surface area contributed by atoms with E-state index in [0.29, 0.717) is 0 Å². The Morgan fingerprint density at radius 1 is 0.296 bits per heavy atom. The van der Waals surface area contributed by atoms with Crippen molar-refractivity contribution in [3.05, 3.63) is 252 Å². The molecule has 0 bridgehead atoms. The van der Waals surface area contributed by atoms with Gasteiger partial charge in [-0.25, -0.2) is 0 Å². The van der Waals surface area contributed by atoms with Gasteiger partial charge in [0.2, 0.25) is 0 Å². The summed E-state index contributed by atoms with van der Waals surface area (Å²) in [5.41, 5.74) is 18.1. The molecule has 0 radical (unpaired) electrons. The normalized spacial score (nSPS) is 12.7. The zero-order valence-corrected chi connectivity index (χ0v) is 29.9. The molecule has 0 saturated heterocycles. The van der Waals surface area contributed by atoms with E-state index >= 15 is 0 Å². The predicted octanol–water partition coefficient (Wildman–Crippen LogP) is 14.2. The molecule has 0 heterocycles. The van der Waals surface area contributed by atoms with Gasteiger partial charge in [0, 0.05) is 11.8 Å². The number of hydrogen-bond acceptors (Lipinski definition) is 0. The van der Waals surface area contributed by atoms with Crippen molar-refractivity contribution in [1.82, 2.24) is 0 Å². The molecule has 0 heteroatoms. The smallest absolute Gasteiger partial charge is 0.0352 e. The fourth-order valence-corrected chi connectivity index (χ4v) is 8.83. The average Bonchev–Trinajstić information content (AvgIpc) is 3.59. The van der Waals surface area contributed by atoms with E-state index in [9.17, 15) is 0 Å². The molecule has 1 unspecified atom stereocenters. The third-order valence-corrected chi connectivity index (χ3v) is 11.3. The lowest BCUT2D eigenvalue weighted by Gasteiger charge is -2.23. The quantitative estimate of drug-likeness (QED) is 0.146. The van der Waals surface area contributed by atoms with Crippen LogP contribution in [-0.4, -0.2) is 0 Å². The summed E-state index contributed by atoms with van der Waals surface area (Å²) in [6.07, 6.45) is 0. The first-order valence-corrected chi connectivity index (χ1v) is 18.9. The van der Waals surface area contributed by atoms with E-state index in [1.54, 1.807) is 0 Å². The maximum Gasteiger partial charge on any atom is 0.0352 e. The Balaban J connectivity index is 1.11. The summed E-state index contributed by atoms with van der Waals surface area (Å²) >= 11 is 0. The van der Waals surface area contributed by atoms with Crippen LogP contribution in [0, 0.1) is 0 Å². The Bertz CT molecular complexity index is 2710. The number of fused-ring (bicyclic) bond motifs is 4. The summed E-state index contributed by atoms with van der Waals surface area (Å²) in [5.74, 6) is 0.239. The molecule has 1 aliphatic rings. The fraction of sp³-hybridized carbons (Fsp3) is 0.0370. The minimum Gasteiger partial charge on any atom is -0.0622 e. The largest absolute Gasteiger partial charge is 0.0622 e. The number of rotatable bonds is 7. The average molecular weight is 687 g/mol. The van der Waals surface area contributed by atoms with Crippen molar-refractivity contribution in [2.45, 2.75) is 11.8 Å². The third kappa shape index (κ3) is 5.65. The summed E-state index contributed by atoms with van der Waals surface area (Å²) in [4.78, 5) is 0. The molecule has 0 aromatic heterocycles. The first-order valence-electron chi connectivity index (χ1n) is 18.9. The van der Waals surface area contributed by atoms with Crippen LogP contribution in [0.5, 0.6) is 0 Å². The maximum atomic E-state index is 2.47. The molecule has 0 fully saturated rings. The molecule has 0 amide bonds. The Hall–Kier alpha value is -6.76. The summed E-state index contributed by atoms with van der Waals surface area (Å²) in [5, 5.41) is 2.54. The van der Waals surface area contributed by atoms with E-state index in [-0.39, 0.29) is 11.8 Å². The van der Waals surface area contributed by atoms with E-state index in [4.69, 9.17) is 0 Å². The Kier molecular flexibility index (Phi) is 8.08. The fourth-order valence-electron chi connectivity index (χ4n) is 8.83. The standard InChI is InChI=1S/C54H38/c1-3-15-37(16-4-1)42-21-11-22-43(35-42)52(44-23-12-24-45(36-44)54-50-27-9-7-25-48(50)49-26-8-10-28-51(49)54)41-33-31-39(32-34-41)47-30-14-20-40-19-13-29-46(53(40)47)38-17-5-2-6-18-38/h1-36,52,54H. The van der Waals surface area contributed by atoms with Crippen LogP contribution in [-0.2, 0) is 0 Å². The second-order valence-electron chi connectivity index (χ2n) is 14.4. The van der Waals surface area contributed by atoms with Gasteiger partial charge in [-0.05, 0) is 88.7 Å². The molecule has 9 aromatic rings. The highest BCUT2D eigenvalue weighted by atomic mass is 14.3. The minimum absolute atomic E-state index is 0.0435. The first-order chi connectivity index (χ1) is 26.8. The number of benzene rings is 9. The van der Waals surface area contributed by atoms with Gasteiger partial charge >= 0.3 is 0 Å². The van der Waals surface area contributed by atoms with Gasteiger partial charge in [-0.2, -0.15) is 0 Å². The summed E-state index contributed by atoms with van der Waals surface area (Å²) < 4.78 is 0. The van der Waals surface area contributed by atoms with E-state index in [1.807, 2.05) is 0 Å². The first kappa shape index (κ1) is 31.9. The highest BCUT2D eigenvalue weighted by Crippen LogP contribution is 2.48. The summed E-state index contributed by atoms with van der Waals surface area (Å²) in [7, 11) is 0. The second kappa shape index (κ2) is 13.7.